The van der Waals surface area contributed by atoms with Crippen molar-refractivity contribution in [3.63, 3.8) is 0 Å². The Labute approximate surface area is 152 Å². The van der Waals surface area contributed by atoms with Gasteiger partial charge >= 0.3 is 0 Å². The molecule has 1 aromatic heterocycles. The Kier molecular flexibility index (Phi) is 4.33. The molecule has 0 radical (unpaired) electrons. The Bertz CT molecular complexity index is 927. The number of ketones is 1. The molecule has 1 aliphatic rings. The maximum absolute atomic E-state index is 12.1. The Morgan fingerprint density at radius 1 is 1.08 bits per heavy atom. The fraction of sp³-hybridized carbons (Fsp3) is 0.118. The quantitative estimate of drug-likeness (QED) is 0.491. The van der Waals surface area contributed by atoms with Gasteiger partial charge in [0.05, 0.1) is 5.75 Å². The number of halogens is 1. The molecule has 0 aliphatic carbocycles. The molecular weight excluding hydrogens is 364 g/mol. The molecule has 4 rings (SSSR count). The summed E-state index contributed by atoms with van der Waals surface area (Å²) in [6.07, 6.45) is 0. The van der Waals surface area contributed by atoms with Gasteiger partial charge in [-0.1, -0.05) is 23.4 Å². The molecule has 1 aliphatic heterocycles. The normalized spacial score (nSPS) is 12.4. The average Bonchev–Trinajstić information content (AvgIpc) is 3.28. The molecule has 2 heterocycles. The maximum Gasteiger partial charge on any atom is 0.277 e. The first kappa shape index (κ1) is 16.0. The predicted octanol–water partition coefficient (Wildman–Crippen LogP) is 4.09. The highest BCUT2D eigenvalue weighted by Gasteiger charge is 2.17. The van der Waals surface area contributed by atoms with Crippen LogP contribution in [0.1, 0.15) is 10.4 Å². The molecule has 0 N–H and O–H groups in total. The number of carbonyl (C=O) groups excluding carboxylic acids is 1. The number of nitrogens with zero attached hydrogens (tertiary/aromatic N) is 2. The van der Waals surface area contributed by atoms with Crippen LogP contribution in [0.4, 0.5) is 0 Å². The second-order valence-electron chi connectivity index (χ2n) is 5.16. The fourth-order valence-electron chi connectivity index (χ4n) is 2.26. The summed E-state index contributed by atoms with van der Waals surface area (Å²) in [5.74, 6) is 1.85. The molecular formula is C17H11ClN2O4S. The van der Waals surface area contributed by atoms with E-state index in [1.54, 1.807) is 36.4 Å². The van der Waals surface area contributed by atoms with Crippen molar-refractivity contribution in [3.8, 4) is 23.0 Å². The van der Waals surface area contributed by atoms with Crippen molar-refractivity contribution in [1.82, 2.24) is 10.2 Å². The zero-order valence-corrected chi connectivity index (χ0v) is 14.3. The minimum absolute atomic E-state index is 0.0375. The molecule has 25 heavy (non-hydrogen) atoms. The number of hydrogen-bond donors (Lipinski definition) is 0. The van der Waals surface area contributed by atoms with Gasteiger partial charge in [0.2, 0.25) is 12.7 Å². The minimum atomic E-state index is -0.0375. The van der Waals surface area contributed by atoms with Crippen molar-refractivity contribution in [1.29, 1.82) is 0 Å². The predicted molar refractivity (Wildman–Crippen MR) is 92.4 cm³/mol. The van der Waals surface area contributed by atoms with Crippen LogP contribution in [0.3, 0.4) is 0 Å². The zero-order chi connectivity index (χ0) is 17.2. The molecule has 2 aromatic carbocycles. The number of aromatic nitrogens is 2. The van der Waals surface area contributed by atoms with Crippen LogP contribution in [-0.4, -0.2) is 28.5 Å². The largest absolute Gasteiger partial charge is 0.454 e. The van der Waals surface area contributed by atoms with Gasteiger partial charge in [0.25, 0.3) is 5.22 Å². The number of ether oxygens (including phenoxy) is 2. The van der Waals surface area contributed by atoms with Crippen LogP contribution in [0.5, 0.6) is 11.5 Å². The SMILES string of the molecule is O=C(CSc1nnc(-c2ccc3c(c2)OCO3)o1)c1ccc(Cl)cc1. The summed E-state index contributed by atoms with van der Waals surface area (Å²) >= 11 is 7.01. The van der Waals surface area contributed by atoms with Gasteiger partial charge in [0.15, 0.2) is 17.3 Å². The van der Waals surface area contributed by atoms with Gasteiger partial charge in [0.1, 0.15) is 0 Å². The number of thioether (sulfide) groups is 1. The molecule has 6 nitrogen and oxygen atoms in total. The summed E-state index contributed by atoms with van der Waals surface area (Å²) in [6.45, 7) is 0.205. The van der Waals surface area contributed by atoms with E-state index >= 15 is 0 Å². The van der Waals surface area contributed by atoms with E-state index in [4.69, 9.17) is 25.5 Å². The van der Waals surface area contributed by atoms with Crippen molar-refractivity contribution >= 4 is 29.1 Å². The molecule has 0 saturated heterocycles. The van der Waals surface area contributed by atoms with E-state index in [1.165, 1.54) is 11.8 Å². The van der Waals surface area contributed by atoms with Gasteiger partial charge in [0, 0.05) is 16.1 Å². The second-order valence-corrected chi connectivity index (χ2v) is 6.52. The van der Waals surface area contributed by atoms with Crippen LogP contribution in [0.25, 0.3) is 11.5 Å². The molecule has 0 saturated carbocycles. The molecule has 0 unspecified atom stereocenters. The number of Topliss-reactive ketones (excluding diaryl/α,β-unsaturated/α-hetero) is 1. The van der Waals surface area contributed by atoms with Crippen molar-refractivity contribution in [2.45, 2.75) is 5.22 Å². The van der Waals surface area contributed by atoms with Crippen LogP contribution in [0.15, 0.2) is 52.1 Å². The third-order valence-corrected chi connectivity index (χ3v) is 4.59. The molecule has 8 heteroatoms. The molecule has 0 amide bonds. The van der Waals surface area contributed by atoms with Crippen molar-refractivity contribution in [3.05, 3.63) is 53.1 Å². The number of benzene rings is 2. The number of hydrogen-bond acceptors (Lipinski definition) is 7. The fourth-order valence-corrected chi connectivity index (χ4v) is 3.04. The van der Waals surface area contributed by atoms with Gasteiger partial charge in [-0.15, -0.1) is 10.2 Å². The van der Waals surface area contributed by atoms with Gasteiger partial charge in [-0.25, -0.2) is 0 Å². The summed E-state index contributed by atoms with van der Waals surface area (Å²) in [5, 5.41) is 8.90. The average molecular weight is 375 g/mol. The van der Waals surface area contributed by atoms with Gasteiger partial charge in [-0.3, -0.25) is 4.79 Å². The third-order valence-electron chi connectivity index (χ3n) is 3.52. The molecule has 126 valence electrons. The Morgan fingerprint density at radius 3 is 2.72 bits per heavy atom. The lowest BCUT2D eigenvalue weighted by atomic mass is 10.1. The highest BCUT2D eigenvalue weighted by atomic mass is 35.5. The van der Waals surface area contributed by atoms with Crippen LogP contribution in [-0.2, 0) is 0 Å². The first-order chi connectivity index (χ1) is 12.2. The standard InChI is InChI=1S/C17H11ClN2O4S/c18-12-4-1-10(2-5-12)13(21)8-25-17-20-19-16(24-17)11-3-6-14-15(7-11)23-9-22-14/h1-7H,8-9H2. The summed E-state index contributed by atoms with van der Waals surface area (Å²) in [4.78, 5) is 12.1. The lowest BCUT2D eigenvalue weighted by Gasteiger charge is -1.99. The number of rotatable bonds is 5. The van der Waals surface area contributed by atoms with Crippen LogP contribution < -0.4 is 9.47 Å². The Morgan fingerprint density at radius 2 is 1.88 bits per heavy atom. The van der Waals surface area contributed by atoms with E-state index in [9.17, 15) is 4.79 Å². The molecule has 0 bridgehead atoms. The molecule has 0 fully saturated rings. The van der Waals surface area contributed by atoms with Crippen LogP contribution in [0.2, 0.25) is 5.02 Å². The second kappa shape index (κ2) is 6.78. The van der Waals surface area contributed by atoms with E-state index in [-0.39, 0.29) is 18.3 Å². The van der Waals surface area contributed by atoms with Crippen molar-refractivity contribution in [2.75, 3.05) is 12.5 Å². The van der Waals surface area contributed by atoms with Gasteiger partial charge in [-0.2, -0.15) is 0 Å². The molecule has 3 aromatic rings. The summed E-state index contributed by atoms with van der Waals surface area (Å²) in [5.41, 5.74) is 1.32. The van der Waals surface area contributed by atoms with E-state index in [0.29, 0.717) is 33.2 Å². The number of fused-ring (bicyclic) bond motifs is 1. The Hall–Kier alpha value is -2.51. The van der Waals surface area contributed by atoms with E-state index < -0.39 is 0 Å². The first-order valence-corrected chi connectivity index (χ1v) is 8.70. The Balaban J connectivity index is 1.43. The highest BCUT2D eigenvalue weighted by Crippen LogP contribution is 2.36. The van der Waals surface area contributed by atoms with Crippen LogP contribution >= 0.6 is 23.4 Å². The summed E-state index contributed by atoms with van der Waals surface area (Å²) in [6, 6.07) is 12.1. The summed E-state index contributed by atoms with van der Waals surface area (Å²) in [7, 11) is 0. The van der Waals surface area contributed by atoms with E-state index in [0.717, 1.165) is 5.56 Å². The molecule has 0 atom stereocenters. The lowest BCUT2D eigenvalue weighted by Crippen LogP contribution is -2.01. The topological polar surface area (TPSA) is 74.5 Å². The van der Waals surface area contributed by atoms with Gasteiger partial charge in [-0.05, 0) is 42.5 Å². The molecule has 0 spiro atoms. The van der Waals surface area contributed by atoms with Gasteiger partial charge < -0.3 is 13.9 Å². The zero-order valence-electron chi connectivity index (χ0n) is 12.8. The van der Waals surface area contributed by atoms with Crippen molar-refractivity contribution < 1.29 is 18.7 Å². The lowest BCUT2D eigenvalue weighted by molar-refractivity contribution is 0.102. The third kappa shape index (κ3) is 3.47. The monoisotopic (exact) mass is 374 g/mol. The highest BCUT2D eigenvalue weighted by molar-refractivity contribution is 7.99. The number of carbonyl (C=O) groups is 1. The van der Waals surface area contributed by atoms with E-state index in [2.05, 4.69) is 10.2 Å². The van der Waals surface area contributed by atoms with E-state index in [1.807, 2.05) is 6.07 Å². The summed E-state index contributed by atoms with van der Waals surface area (Å²) < 4.78 is 16.2. The first-order valence-electron chi connectivity index (χ1n) is 7.34. The maximum atomic E-state index is 12.1. The minimum Gasteiger partial charge on any atom is -0.454 e. The van der Waals surface area contributed by atoms with Crippen LogP contribution in [0, 0.1) is 0 Å². The van der Waals surface area contributed by atoms with Crippen molar-refractivity contribution in [2.24, 2.45) is 0 Å². The smallest absolute Gasteiger partial charge is 0.277 e.